The van der Waals surface area contributed by atoms with Gasteiger partial charge in [-0.2, -0.15) is 0 Å². The minimum Gasteiger partial charge on any atom is -0.481 e. The Bertz CT molecular complexity index is 349. The Morgan fingerprint density at radius 2 is 1.89 bits per heavy atom. The Morgan fingerprint density at radius 1 is 1.32 bits per heavy atom. The summed E-state index contributed by atoms with van der Waals surface area (Å²) in [6.45, 7) is 4.80. The van der Waals surface area contributed by atoms with Gasteiger partial charge in [-0.15, -0.1) is 0 Å². The van der Waals surface area contributed by atoms with E-state index in [1.165, 1.54) is 6.92 Å². The molecule has 1 saturated heterocycles. The van der Waals surface area contributed by atoms with Gasteiger partial charge in [-0.1, -0.05) is 6.92 Å². The molecule has 1 atom stereocenters. The molecule has 0 aromatic rings. The number of carboxylic acid groups (broad SMARTS) is 1. The number of amides is 2. The van der Waals surface area contributed by atoms with Crippen molar-refractivity contribution in [2.75, 3.05) is 19.6 Å². The van der Waals surface area contributed by atoms with E-state index in [0.29, 0.717) is 38.9 Å². The molecule has 1 fully saturated rings. The van der Waals surface area contributed by atoms with Crippen molar-refractivity contribution in [3.8, 4) is 0 Å². The molecule has 1 heterocycles. The van der Waals surface area contributed by atoms with Gasteiger partial charge in [0.05, 0.1) is 5.92 Å². The molecule has 108 valence electrons. The Hall–Kier alpha value is -1.59. The largest absolute Gasteiger partial charge is 0.481 e. The molecular weight excluding hydrogens is 248 g/mol. The third-order valence-corrected chi connectivity index (χ3v) is 3.61. The van der Waals surface area contributed by atoms with Crippen LogP contribution in [0.4, 0.5) is 0 Å². The summed E-state index contributed by atoms with van der Waals surface area (Å²) in [4.78, 5) is 35.4. The van der Waals surface area contributed by atoms with Gasteiger partial charge in [0.2, 0.25) is 11.8 Å². The summed E-state index contributed by atoms with van der Waals surface area (Å²) < 4.78 is 0. The zero-order chi connectivity index (χ0) is 14.4. The highest BCUT2D eigenvalue weighted by Gasteiger charge is 2.25. The highest BCUT2D eigenvalue weighted by molar-refractivity contribution is 5.79. The van der Waals surface area contributed by atoms with Crippen LogP contribution in [-0.4, -0.2) is 47.4 Å². The average molecular weight is 270 g/mol. The molecule has 19 heavy (non-hydrogen) atoms. The molecule has 2 N–H and O–H groups in total. The van der Waals surface area contributed by atoms with Gasteiger partial charge in [0.25, 0.3) is 0 Å². The number of hydrogen-bond acceptors (Lipinski definition) is 3. The number of carboxylic acids is 1. The van der Waals surface area contributed by atoms with E-state index in [1.807, 2.05) is 0 Å². The molecule has 6 heteroatoms. The maximum atomic E-state index is 11.9. The van der Waals surface area contributed by atoms with Crippen LogP contribution < -0.4 is 5.32 Å². The molecular formula is C13H22N2O4. The zero-order valence-corrected chi connectivity index (χ0v) is 11.5. The van der Waals surface area contributed by atoms with E-state index in [4.69, 9.17) is 5.11 Å². The van der Waals surface area contributed by atoms with E-state index in [1.54, 1.807) is 11.8 Å². The third kappa shape index (κ3) is 4.89. The topological polar surface area (TPSA) is 86.7 Å². The Labute approximate surface area is 113 Å². The number of carbonyl (C=O) groups is 3. The fraction of sp³-hybridized carbons (Fsp3) is 0.769. The lowest BCUT2D eigenvalue weighted by atomic mass is 9.95. The molecule has 0 bridgehead atoms. The van der Waals surface area contributed by atoms with E-state index in [-0.39, 0.29) is 17.7 Å². The lowest BCUT2D eigenvalue weighted by molar-refractivity contribution is -0.141. The molecule has 0 aromatic carbocycles. The van der Waals surface area contributed by atoms with Crippen LogP contribution in [0.2, 0.25) is 0 Å². The van der Waals surface area contributed by atoms with Gasteiger partial charge in [-0.05, 0) is 19.3 Å². The molecule has 6 nitrogen and oxygen atoms in total. The summed E-state index contributed by atoms with van der Waals surface area (Å²) in [6.07, 6.45) is 1.80. The zero-order valence-electron chi connectivity index (χ0n) is 11.5. The third-order valence-electron chi connectivity index (χ3n) is 3.61. The maximum Gasteiger partial charge on any atom is 0.306 e. The summed E-state index contributed by atoms with van der Waals surface area (Å²) in [5.41, 5.74) is 0. The van der Waals surface area contributed by atoms with Crippen LogP contribution in [0.25, 0.3) is 0 Å². The van der Waals surface area contributed by atoms with Crippen molar-refractivity contribution in [1.29, 1.82) is 0 Å². The standard InChI is InChI=1S/C13H22N2O4/c1-9(13(18)19)3-6-14-12(17)11-4-7-15(8-5-11)10(2)16/h9,11H,3-8H2,1-2H3,(H,14,17)(H,18,19). The summed E-state index contributed by atoms with van der Waals surface area (Å²) in [5, 5.41) is 11.5. The number of carbonyl (C=O) groups excluding carboxylic acids is 2. The molecule has 0 saturated carbocycles. The summed E-state index contributed by atoms with van der Waals surface area (Å²) in [7, 11) is 0. The van der Waals surface area contributed by atoms with Crippen LogP contribution in [0.3, 0.4) is 0 Å². The van der Waals surface area contributed by atoms with Crippen LogP contribution in [0.1, 0.15) is 33.1 Å². The van der Waals surface area contributed by atoms with Crippen LogP contribution >= 0.6 is 0 Å². The first-order chi connectivity index (χ1) is 8.91. The van der Waals surface area contributed by atoms with Gasteiger partial charge in [0.15, 0.2) is 0 Å². The number of piperidine rings is 1. The van der Waals surface area contributed by atoms with Crippen molar-refractivity contribution in [2.45, 2.75) is 33.1 Å². The average Bonchev–Trinajstić information content (AvgIpc) is 2.38. The number of likely N-dealkylation sites (tertiary alicyclic amines) is 1. The highest BCUT2D eigenvalue weighted by Crippen LogP contribution is 2.17. The van der Waals surface area contributed by atoms with Gasteiger partial charge in [0, 0.05) is 32.5 Å². The molecule has 1 aliphatic rings. The highest BCUT2D eigenvalue weighted by atomic mass is 16.4. The summed E-state index contributed by atoms with van der Waals surface area (Å²) >= 11 is 0. The van der Waals surface area contributed by atoms with Gasteiger partial charge in [0.1, 0.15) is 0 Å². The quantitative estimate of drug-likeness (QED) is 0.760. The molecule has 1 unspecified atom stereocenters. The fourth-order valence-corrected chi connectivity index (χ4v) is 2.14. The molecule has 0 radical (unpaired) electrons. The number of nitrogens with one attached hydrogen (secondary N) is 1. The van der Waals surface area contributed by atoms with Crippen molar-refractivity contribution < 1.29 is 19.5 Å². The lowest BCUT2D eigenvalue weighted by Crippen LogP contribution is -2.42. The van der Waals surface area contributed by atoms with Crippen LogP contribution in [-0.2, 0) is 14.4 Å². The second kappa shape index (κ2) is 7.11. The smallest absolute Gasteiger partial charge is 0.306 e. The van der Waals surface area contributed by atoms with Gasteiger partial charge in [-0.25, -0.2) is 0 Å². The normalized spacial score (nSPS) is 17.9. The summed E-state index contributed by atoms with van der Waals surface area (Å²) in [6, 6.07) is 0. The molecule has 0 spiro atoms. The van der Waals surface area contributed by atoms with Crippen LogP contribution in [0, 0.1) is 11.8 Å². The molecule has 0 aliphatic carbocycles. The predicted molar refractivity (Wildman–Crippen MR) is 69.4 cm³/mol. The second-order valence-electron chi connectivity index (χ2n) is 5.10. The molecule has 1 rings (SSSR count). The molecule has 0 aromatic heterocycles. The Morgan fingerprint density at radius 3 is 2.37 bits per heavy atom. The first-order valence-corrected chi connectivity index (χ1v) is 6.68. The van der Waals surface area contributed by atoms with E-state index in [2.05, 4.69) is 5.32 Å². The van der Waals surface area contributed by atoms with E-state index in [9.17, 15) is 14.4 Å². The number of nitrogens with zero attached hydrogens (tertiary/aromatic N) is 1. The molecule has 2 amide bonds. The van der Waals surface area contributed by atoms with Crippen molar-refractivity contribution in [3.05, 3.63) is 0 Å². The maximum absolute atomic E-state index is 11.9. The van der Waals surface area contributed by atoms with Gasteiger partial charge >= 0.3 is 5.97 Å². The van der Waals surface area contributed by atoms with Crippen molar-refractivity contribution >= 4 is 17.8 Å². The van der Waals surface area contributed by atoms with Crippen LogP contribution in [0.15, 0.2) is 0 Å². The van der Waals surface area contributed by atoms with E-state index >= 15 is 0 Å². The number of aliphatic carboxylic acids is 1. The minimum atomic E-state index is -0.844. The minimum absolute atomic E-state index is 0.0270. The fourth-order valence-electron chi connectivity index (χ4n) is 2.14. The van der Waals surface area contributed by atoms with Crippen molar-refractivity contribution in [3.63, 3.8) is 0 Å². The van der Waals surface area contributed by atoms with Gasteiger partial charge < -0.3 is 15.3 Å². The van der Waals surface area contributed by atoms with Crippen molar-refractivity contribution in [1.82, 2.24) is 10.2 Å². The van der Waals surface area contributed by atoms with Crippen LogP contribution in [0.5, 0.6) is 0 Å². The number of hydrogen-bond donors (Lipinski definition) is 2. The van der Waals surface area contributed by atoms with Gasteiger partial charge in [-0.3, -0.25) is 14.4 Å². The monoisotopic (exact) mass is 270 g/mol. The second-order valence-corrected chi connectivity index (χ2v) is 5.10. The predicted octanol–water partition coefficient (Wildman–Crippen LogP) is 0.472. The van der Waals surface area contributed by atoms with Crippen molar-refractivity contribution in [2.24, 2.45) is 11.8 Å². The number of rotatable bonds is 5. The summed E-state index contributed by atoms with van der Waals surface area (Å²) in [5.74, 6) is -1.32. The Kier molecular flexibility index (Phi) is 5.79. The Balaban J connectivity index is 2.24. The van der Waals surface area contributed by atoms with E-state index in [0.717, 1.165) is 0 Å². The molecule has 1 aliphatic heterocycles. The first kappa shape index (κ1) is 15.5. The van der Waals surface area contributed by atoms with E-state index < -0.39 is 11.9 Å². The lowest BCUT2D eigenvalue weighted by Gasteiger charge is -2.30. The first-order valence-electron chi connectivity index (χ1n) is 6.68. The SMILES string of the molecule is CC(=O)N1CCC(C(=O)NCCC(C)C(=O)O)CC1.